The van der Waals surface area contributed by atoms with Crippen LogP contribution in [0.25, 0.3) is 6.08 Å². The Hall–Kier alpha value is -2.35. The van der Waals surface area contributed by atoms with Crippen molar-refractivity contribution in [2.24, 2.45) is 0 Å². The van der Waals surface area contributed by atoms with Gasteiger partial charge in [-0.2, -0.15) is 0 Å². The van der Waals surface area contributed by atoms with Gasteiger partial charge >= 0.3 is 0 Å². The van der Waals surface area contributed by atoms with Gasteiger partial charge in [0.05, 0.1) is 0 Å². The Bertz CT molecular complexity index is 883. The van der Waals surface area contributed by atoms with Crippen LogP contribution in [0.2, 0.25) is 0 Å². The maximum atomic E-state index is 13.1. The predicted molar refractivity (Wildman–Crippen MR) is 96.3 cm³/mol. The van der Waals surface area contributed by atoms with E-state index in [4.69, 9.17) is 4.74 Å². The van der Waals surface area contributed by atoms with Crippen LogP contribution < -0.4 is 4.74 Å². The van der Waals surface area contributed by atoms with Crippen molar-refractivity contribution in [3.8, 4) is 5.75 Å². The van der Waals surface area contributed by atoms with Crippen LogP contribution >= 0.6 is 0 Å². The number of hydrogen-bond acceptors (Lipinski definition) is 2. The zero-order chi connectivity index (χ0) is 17.1. The van der Waals surface area contributed by atoms with Crippen LogP contribution in [0, 0.1) is 0 Å². The standard InChI is InChI=1S/C22H22O2/c1-14-11-15-7-5-6-8-18(15)22(20(14)23)13-16-12-17(21(2,3)4)9-10-19(16)24-22/h5-12H,13H2,1-4H3/t22-/m1/s1. The highest BCUT2D eigenvalue weighted by molar-refractivity contribution is 6.09. The molecule has 0 N–H and O–H groups in total. The summed E-state index contributed by atoms with van der Waals surface area (Å²) in [5, 5.41) is 0. The van der Waals surface area contributed by atoms with Crippen LogP contribution in [0.15, 0.2) is 48.0 Å². The van der Waals surface area contributed by atoms with Gasteiger partial charge in [0.25, 0.3) is 0 Å². The summed E-state index contributed by atoms with van der Waals surface area (Å²) in [6.45, 7) is 8.49. The fourth-order valence-electron chi connectivity index (χ4n) is 3.78. The summed E-state index contributed by atoms with van der Waals surface area (Å²) in [5.74, 6) is 0.913. The number of ketones is 1. The van der Waals surface area contributed by atoms with E-state index in [1.807, 2.05) is 37.3 Å². The third-order valence-corrected chi connectivity index (χ3v) is 5.14. The van der Waals surface area contributed by atoms with Gasteiger partial charge in [0.15, 0.2) is 0 Å². The zero-order valence-corrected chi connectivity index (χ0v) is 14.6. The molecule has 0 bridgehead atoms. The van der Waals surface area contributed by atoms with Crippen molar-refractivity contribution in [3.63, 3.8) is 0 Å². The average Bonchev–Trinajstić information content (AvgIpc) is 2.91. The molecule has 2 aromatic carbocycles. The fourth-order valence-corrected chi connectivity index (χ4v) is 3.78. The highest BCUT2D eigenvalue weighted by Gasteiger charge is 2.50. The van der Waals surface area contributed by atoms with E-state index in [9.17, 15) is 4.79 Å². The van der Waals surface area contributed by atoms with E-state index >= 15 is 0 Å². The summed E-state index contributed by atoms with van der Waals surface area (Å²) in [6, 6.07) is 14.4. The Morgan fingerprint density at radius 3 is 2.58 bits per heavy atom. The molecule has 2 nitrogen and oxygen atoms in total. The van der Waals surface area contributed by atoms with Gasteiger partial charge in [0.2, 0.25) is 11.4 Å². The molecular formula is C22H22O2. The molecule has 4 rings (SSSR count). The summed E-state index contributed by atoms with van der Waals surface area (Å²) in [4.78, 5) is 13.1. The Labute approximate surface area is 143 Å². The quantitative estimate of drug-likeness (QED) is 0.697. The van der Waals surface area contributed by atoms with Gasteiger partial charge in [-0.15, -0.1) is 0 Å². The summed E-state index contributed by atoms with van der Waals surface area (Å²) in [7, 11) is 0. The second-order valence-electron chi connectivity index (χ2n) is 7.92. The van der Waals surface area contributed by atoms with Crippen molar-refractivity contribution in [1.82, 2.24) is 0 Å². The summed E-state index contributed by atoms with van der Waals surface area (Å²) in [6.07, 6.45) is 2.57. The van der Waals surface area contributed by atoms with Gasteiger partial charge in [0.1, 0.15) is 5.75 Å². The largest absolute Gasteiger partial charge is 0.474 e. The Balaban J connectivity index is 1.86. The normalized spacial score (nSPS) is 22.0. The average molecular weight is 318 g/mol. The van der Waals surface area contributed by atoms with Crippen LogP contribution in [0.1, 0.15) is 49.9 Å². The van der Waals surface area contributed by atoms with E-state index < -0.39 is 5.60 Å². The van der Waals surface area contributed by atoms with E-state index in [-0.39, 0.29) is 11.2 Å². The highest BCUT2D eigenvalue weighted by Crippen LogP contribution is 2.47. The molecule has 24 heavy (non-hydrogen) atoms. The molecule has 1 heterocycles. The molecule has 2 aromatic rings. The number of fused-ring (bicyclic) bond motifs is 3. The number of ether oxygens (including phenoxy) is 1. The van der Waals surface area contributed by atoms with E-state index in [1.165, 1.54) is 5.56 Å². The number of benzene rings is 2. The lowest BCUT2D eigenvalue weighted by Gasteiger charge is -2.32. The summed E-state index contributed by atoms with van der Waals surface area (Å²) < 4.78 is 6.32. The first kappa shape index (κ1) is 15.2. The molecule has 1 aliphatic heterocycles. The fraction of sp³-hybridized carbons (Fsp3) is 0.318. The van der Waals surface area contributed by atoms with Crippen molar-refractivity contribution in [3.05, 3.63) is 70.3 Å². The second kappa shape index (κ2) is 4.83. The lowest BCUT2D eigenvalue weighted by molar-refractivity contribution is -0.130. The molecule has 0 saturated heterocycles. The molecule has 122 valence electrons. The third-order valence-electron chi connectivity index (χ3n) is 5.14. The van der Waals surface area contributed by atoms with Gasteiger partial charge < -0.3 is 4.74 Å². The van der Waals surface area contributed by atoms with Crippen molar-refractivity contribution < 1.29 is 9.53 Å². The molecule has 0 radical (unpaired) electrons. The van der Waals surface area contributed by atoms with Gasteiger partial charge in [-0.05, 0) is 46.7 Å². The maximum absolute atomic E-state index is 13.1. The van der Waals surface area contributed by atoms with E-state index in [2.05, 4.69) is 39.0 Å². The van der Waals surface area contributed by atoms with Crippen molar-refractivity contribution >= 4 is 11.9 Å². The molecule has 0 fully saturated rings. The maximum Gasteiger partial charge on any atom is 0.207 e. The van der Waals surface area contributed by atoms with Crippen molar-refractivity contribution in [1.29, 1.82) is 0 Å². The van der Waals surface area contributed by atoms with Crippen LogP contribution in [0.3, 0.4) is 0 Å². The number of carbonyl (C=O) groups excluding carboxylic acids is 1. The zero-order valence-electron chi connectivity index (χ0n) is 14.6. The first-order chi connectivity index (χ1) is 11.3. The third kappa shape index (κ3) is 2.06. The SMILES string of the molecule is CC1=Cc2ccccc2[C@]2(Cc3cc(C(C)(C)C)ccc3O2)C1=O. The lowest BCUT2D eigenvalue weighted by Crippen LogP contribution is -2.43. The smallest absolute Gasteiger partial charge is 0.207 e. The minimum atomic E-state index is -0.895. The molecular weight excluding hydrogens is 296 g/mol. The highest BCUT2D eigenvalue weighted by atomic mass is 16.5. The van der Waals surface area contributed by atoms with Crippen LogP contribution in [0.4, 0.5) is 0 Å². The van der Waals surface area contributed by atoms with E-state index in [0.717, 1.165) is 28.0 Å². The minimum Gasteiger partial charge on any atom is -0.474 e. The molecule has 0 unspecified atom stereocenters. The van der Waals surface area contributed by atoms with Gasteiger partial charge in [-0.1, -0.05) is 57.2 Å². The van der Waals surface area contributed by atoms with Crippen LogP contribution in [0.5, 0.6) is 5.75 Å². The molecule has 1 atom stereocenters. The lowest BCUT2D eigenvalue weighted by atomic mass is 9.76. The second-order valence-corrected chi connectivity index (χ2v) is 7.92. The van der Waals surface area contributed by atoms with Crippen molar-refractivity contribution in [2.45, 2.75) is 45.1 Å². The topological polar surface area (TPSA) is 26.3 Å². The van der Waals surface area contributed by atoms with Gasteiger partial charge in [-0.3, -0.25) is 4.79 Å². The number of hydrogen-bond donors (Lipinski definition) is 0. The van der Waals surface area contributed by atoms with Crippen LogP contribution in [-0.2, 0) is 22.2 Å². The number of carbonyl (C=O) groups is 1. The molecule has 1 spiro atoms. The molecule has 1 aliphatic carbocycles. The van der Waals surface area contributed by atoms with E-state index in [1.54, 1.807) is 0 Å². The molecule has 2 heteroatoms. The molecule has 0 saturated carbocycles. The summed E-state index contributed by atoms with van der Waals surface area (Å²) >= 11 is 0. The Kier molecular flexibility index (Phi) is 3.05. The predicted octanol–water partition coefficient (Wildman–Crippen LogP) is 4.80. The first-order valence-electron chi connectivity index (χ1n) is 8.46. The number of Topliss-reactive ketones (excluding diaryl/α,β-unsaturated/α-hetero) is 1. The van der Waals surface area contributed by atoms with Crippen LogP contribution in [-0.4, -0.2) is 5.78 Å². The van der Waals surface area contributed by atoms with Gasteiger partial charge in [0, 0.05) is 12.0 Å². The Morgan fingerprint density at radius 2 is 1.83 bits per heavy atom. The molecule has 0 amide bonds. The van der Waals surface area contributed by atoms with E-state index in [0.29, 0.717) is 6.42 Å². The van der Waals surface area contributed by atoms with Gasteiger partial charge in [-0.25, -0.2) is 0 Å². The minimum absolute atomic E-state index is 0.0784. The molecule has 2 aliphatic rings. The number of rotatable bonds is 0. The van der Waals surface area contributed by atoms with Crippen molar-refractivity contribution in [2.75, 3.05) is 0 Å². The first-order valence-corrected chi connectivity index (χ1v) is 8.46. The monoisotopic (exact) mass is 318 g/mol. The molecule has 0 aromatic heterocycles. The summed E-state index contributed by atoms with van der Waals surface area (Å²) in [5.41, 5.74) is 4.40. The Morgan fingerprint density at radius 1 is 1.08 bits per heavy atom.